The van der Waals surface area contributed by atoms with Gasteiger partial charge in [0, 0.05) is 28.2 Å². The Morgan fingerprint density at radius 1 is 0.833 bits per heavy atom. The SMILES string of the molecule is CCc1cc2nccc(C)c2cc1CC.Cc1ccc2c(NC(=O)c3ccc(F)cc3)cccc2c1. The van der Waals surface area contributed by atoms with E-state index in [9.17, 15) is 9.18 Å². The van der Waals surface area contributed by atoms with E-state index in [4.69, 9.17) is 0 Å². The molecule has 0 atom stereocenters. The standard InChI is InChI=1S/C18H14FNO.C14H17N/c1-12-5-10-16-14(11-12)3-2-4-17(16)20-18(21)13-6-8-15(19)9-7-13;1-4-11-8-13-10(3)6-7-15-14(13)9-12(11)5-2/h2-11H,1H3,(H,20,21);6-9H,4-5H2,1-3H3. The highest BCUT2D eigenvalue weighted by Crippen LogP contribution is 2.25. The fourth-order valence-corrected chi connectivity index (χ4v) is 4.38. The zero-order chi connectivity index (χ0) is 25.7. The van der Waals surface area contributed by atoms with Crippen LogP contribution in [0.15, 0.2) is 85.1 Å². The summed E-state index contributed by atoms with van der Waals surface area (Å²) in [7, 11) is 0. The lowest BCUT2D eigenvalue weighted by atomic mass is 9.98. The molecular weight excluding hydrogens is 447 g/mol. The summed E-state index contributed by atoms with van der Waals surface area (Å²) >= 11 is 0. The summed E-state index contributed by atoms with van der Waals surface area (Å²) in [5.74, 6) is -0.602. The summed E-state index contributed by atoms with van der Waals surface area (Å²) in [4.78, 5) is 16.6. The third-order valence-electron chi connectivity index (χ3n) is 6.43. The Kier molecular flexibility index (Phi) is 7.74. The molecule has 3 nitrogen and oxygen atoms in total. The van der Waals surface area contributed by atoms with E-state index < -0.39 is 0 Å². The zero-order valence-corrected chi connectivity index (χ0v) is 21.2. The molecule has 36 heavy (non-hydrogen) atoms. The number of nitrogens with one attached hydrogen (secondary N) is 1. The molecule has 4 heteroatoms. The van der Waals surface area contributed by atoms with E-state index >= 15 is 0 Å². The number of hydrogen-bond acceptors (Lipinski definition) is 2. The van der Waals surface area contributed by atoms with Crippen LogP contribution in [0.4, 0.5) is 10.1 Å². The lowest BCUT2D eigenvalue weighted by Gasteiger charge is -2.09. The number of carbonyl (C=O) groups is 1. The molecule has 0 radical (unpaired) electrons. The Bertz CT molecular complexity index is 1520. The predicted octanol–water partition coefficient (Wildman–Crippen LogP) is 8.21. The van der Waals surface area contributed by atoms with E-state index in [2.05, 4.69) is 55.3 Å². The van der Waals surface area contributed by atoms with Gasteiger partial charge in [-0.05, 0) is 97.3 Å². The van der Waals surface area contributed by atoms with Crippen molar-refractivity contribution in [2.75, 3.05) is 5.32 Å². The fourth-order valence-electron chi connectivity index (χ4n) is 4.38. The molecule has 0 unspecified atom stereocenters. The lowest BCUT2D eigenvalue weighted by Crippen LogP contribution is -2.12. The molecule has 1 heterocycles. The minimum absolute atomic E-state index is 0.247. The van der Waals surface area contributed by atoms with Gasteiger partial charge in [-0.2, -0.15) is 0 Å². The van der Waals surface area contributed by atoms with Crippen molar-refractivity contribution in [3.63, 3.8) is 0 Å². The van der Waals surface area contributed by atoms with Gasteiger partial charge in [-0.25, -0.2) is 4.39 Å². The van der Waals surface area contributed by atoms with Crippen molar-refractivity contribution in [1.29, 1.82) is 0 Å². The van der Waals surface area contributed by atoms with Crippen molar-refractivity contribution in [2.24, 2.45) is 0 Å². The number of pyridine rings is 1. The minimum atomic E-state index is -0.354. The number of halogens is 1. The van der Waals surface area contributed by atoms with Crippen LogP contribution in [-0.2, 0) is 12.8 Å². The maximum atomic E-state index is 12.9. The second-order valence-corrected chi connectivity index (χ2v) is 8.96. The summed E-state index contributed by atoms with van der Waals surface area (Å²) in [5, 5.41) is 6.24. The monoisotopic (exact) mass is 478 g/mol. The molecule has 0 aliphatic heterocycles. The molecule has 0 fully saturated rings. The van der Waals surface area contributed by atoms with Crippen LogP contribution in [0.3, 0.4) is 0 Å². The van der Waals surface area contributed by atoms with Crippen molar-refractivity contribution in [2.45, 2.75) is 40.5 Å². The molecule has 5 rings (SSSR count). The van der Waals surface area contributed by atoms with Crippen LogP contribution >= 0.6 is 0 Å². The number of aryl methyl sites for hydroxylation is 4. The van der Waals surface area contributed by atoms with Gasteiger partial charge in [0.25, 0.3) is 5.91 Å². The molecule has 182 valence electrons. The second-order valence-electron chi connectivity index (χ2n) is 8.96. The van der Waals surface area contributed by atoms with Gasteiger partial charge < -0.3 is 5.32 Å². The number of hydrogen-bond donors (Lipinski definition) is 1. The quantitative estimate of drug-likeness (QED) is 0.283. The number of nitrogens with zero attached hydrogens (tertiary/aromatic N) is 1. The molecule has 0 spiro atoms. The summed E-state index contributed by atoms with van der Waals surface area (Å²) in [6.07, 6.45) is 4.09. The topological polar surface area (TPSA) is 42.0 Å². The largest absolute Gasteiger partial charge is 0.321 e. The first-order valence-electron chi connectivity index (χ1n) is 12.3. The number of aromatic nitrogens is 1. The van der Waals surface area contributed by atoms with Crippen molar-refractivity contribution >= 4 is 33.3 Å². The van der Waals surface area contributed by atoms with E-state index in [1.807, 2.05) is 43.5 Å². The molecule has 0 aliphatic rings. The highest BCUT2D eigenvalue weighted by Gasteiger charge is 2.08. The third kappa shape index (κ3) is 5.60. The highest BCUT2D eigenvalue weighted by atomic mass is 19.1. The first kappa shape index (κ1) is 25.1. The Morgan fingerprint density at radius 2 is 1.56 bits per heavy atom. The molecule has 0 bridgehead atoms. The Morgan fingerprint density at radius 3 is 2.28 bits per heavy atom. The maximum Gasteiger partial charge on any atom is 0.255 e. The van der Waals surface area contributed by atoms with E-state index in [1.54, 1.807) is 0 Å². The van der Waals surface area contributed by atoms with Crippen LogP contribution < -0.4 is 5.32 Å². The van der Waals surface area contributed by atoms with Crippen LogP contribution in [0.25, 0.3) is 21.7 Å². The normalized spacial score (nSPS) is 10.7. The van der Waals surface area contributed by atoms with Gasteiger partial charge >= 0.3 is 0 Å². The molecule has 0 saturated heterocycles. The van der Waals surface area contributed by atoms with E-state index in [0.29, 0.717) is 5.56 Å². The Labute approximate surface area is 212 Å². The molecule has 0 saturated carbocycles. The minimum Gasteiger partial charge on any atom is -0.321 e. The van der Waals surface area contributed by atoms with Gasteiger partial charge in [-0.15, -0.1) is 0 Å². The van der Waals surface area contributed by atoms with E-state index in [-0.39, 0.29) is 11.7 Å². The van der Waals surface area contributed by atoms with Crippen molar-refractivity contribution in [1.82, 2.24) is 4.98 Å². The highest BCUT2D eigenvalue weighted by molar-refractivity contribution is 6.09. The molecule has 1 aromatic heterocycles. The Balaban J connectivity index is 0.000000179. The van der Waals surface area contributed by atoms with Gasteiger partial charge in [-0.3, -0.25) is 9.78 Å². The van der Waals surface area contributed by atoms with Crippen molar-refractivity contribution < 1.29 is 9.18 Å². The number of carbonyl (C=O) groups excluding carboxylic acids is 1. The smallest absolute Gasteiger partial charge is 0.255 e. The number of rotatable bonds is 4. The van der Waals surface area contributed by atoms with Crippen LogP contribution in [0, 0.1) is 19.7 Å². The number of anilines is 1. The molecule has 1 amide bonds. The van der Waals surface area contributed by atoms with Crippen molar-refractivity contribution in [3.05, 3.63) is 119 Å². The first-order chi connectivity index (χ1) is 17.4. The Hall–Kier alpha value is -4.05. The van der Waals surface area contributed by atoms with Gasteiger partial charge in [0.05, 0.1) is 5.52 Å². The summed E-state index contributed by atoms with van der Waals surface area (Å²) in [5.41, 5.74) is 7.69. The van der Waals surface area contributed by atoms with Gasteiger partial charge in [0.15, 0.2) is 0 Å². The van der Waals surface area contributed by atoms with Gasteiger partial charge in [-0.1, -0.05) is 49.7 Å². The average Bonchev–Trinajstić information content (AvgIpc) is 2.89. The number of benzene rings is 4. The number of amides is 1. The van der Waals surface area contributed by atoms with E-state index in [0.717, 1.165) is 34.8 Å². The second kappa shape index (κ2) is 11.1. The lowest BCUT2D eigenvalue weighted by molar-refractivity contribution is 0.102. The fraction of sp³-hybridized carbons (Fsp3) is 0.188. The summed E-state index contributed by atoms with van der Waals surface area (Å²) < 4.78 is 12.9. The molecular formula is C32H31FN2O. The average molecular weight is 479 g/mol. The van der Waals surface area contributed by atoms with Crippen LogP contribution in [0.5, 0.6) is 0 Å². The summed E-state index contributed by atoms with van der Waals surface area (Å²) in [6.45, 7) is 8.60. The van der Waals surface area contributed by atoms with Crippen LogP contribution in [-0.4, -0.2) is 10.9 Å². The zero-order valence-electron chi connectivity index (χ0n) is 21.2. The molecule has 4 aromatic carbocycles. The van der Waals surface area contributed by atoms with E-state index in [1.165, 1.54) is 51.9 Å². The van der Waals surface area contributed by atoms with Crippen LogP contribution in [0.2, 0.25) is 0 Å². The molecule has 1 N–H and O–H groups in total. The first-order valence-corrected chi connectivity index (χ1v) is 12.3. The van der Waals surface area contributed by atoms with Crippen molar-refractivity contribution in [3.8, 4) is 0 Å². The maximum absolute atomic E-state index is 12.9. The summed E-state index contributed by atoms with van der Waals surface area (Å²) in [6, 6.07) is 24.0. The molecule has 0 aliphatic carbocycles. The molecule has 5 aromatic rings. The number of fused-ring (bicyclic) bond motifs is 2. The predicted molar refractivity (Wildman–Crippen MR) is 148 cm³/mol. The van der Waals surface area contributed by atoms with Crippen LogP contribution in [0.1, 0.15) is 46.5 Å². The van der Waals surface area contributed by atoms with Gasteiger partial charge in [0.2, 0.25) is 0 Å². The van der Waals surface area contributed by atoms with Gasteiger partial charge in [0.1, 0.15) is 5.82 Å². The third-order valence-corrected chi connectivity index (χ3v) is 6.43.